The maximum atomic E-state index is 12.2. The zero-order valence-electron chi connectivity index (χ0n) is 15.7. The lowest BCUT2D eigenvalue weighted by Gasteiger charge is -2.28. The van der Waals surface area contributed by atoms with E-state index in [1.807, 2.05) is 41.3 Å². The lowest BCUT2D eigenvalue weighted by atomic mass is 10.1. The van der Waals surface area contributed by atoms with Crippen LogP contribution in [0.4, 0.5) is 5.69 Å². The van der Waals surface area contributed by atoms with Crippen molar-refractivity contribution in [1.82, 2.24) is 0 Å². The number of hydrogen-bond acceptors (Lipinski definition) is 7. The van der Waals surface area contributed by atoms with Gasteiger partial charge in [-0.25, -0.2) is 8.42 Å². The monoisotopic (exact) mass is 418 g/mol. The molecule has 2 aliphatic rings. The minimum absolute atomic E-state index is 0.0931. The minimum atomic E-state index is -3.10. The Kier molecular flexibility index (Phi) is 5.25. The van der Waals surface area contributed by atoms with E-state index in [-0.39, 0.29) is 23.6 Å². The fourth-order valence-corrected chi connectivity index (χ4v) is 6.54. The SMILES string of the molecule is COc1ccc(OC)c(N2C(SCc3ccccc3)=N[C@H]3CS(=O)(=O)C[C@@H]32)c1. The van der Waals surface area contributed by atoms with Crippen LogP contribution in [0.3, 0.4) is 0 Å². The topological polar surface area (TPSA) is 68.2 Å². The van der Waals surface area contributed by atoms with Crippen molar-refractivity contribution in [2.24, 2.45) is 4.99 Å². The number of methoxy groups -OCH3 is 2. The van der Waals surface area contributed by atoms with Gasteiger partial charge in [0.2, 0.25) is 0 Å². The van der Waals surface area contributed by atoms with Gasteiger partial charge < -0.3 is 14.4 Å². The van der Waals surface area contributed by atoms with Crippen LogP contribution in [-0.4, -0.2) is 51.4 Å². The standard InChI is InChI=1S/C20H22N2O4S2/c1-25-15-8-9-19(26-2)17(10-15)22-18-13-28(23,24)12-16(18)21-20(22)27-11-14-6-4-3-5-7-14/h3-10,16,18H,11-13H2,1-2H3/t16-,18-/m0/s1. The molecule has 0 unspecified atom stereocenters. The third kappa shape index (κ3) is 3.71. The van der Waals surface area contributed by atoms with Crippen molar-refractivity contribution < 1.29 is 17.9 Å². The summed E-state index contributed by atoms with van der Waals surface area (Å²) in [6, 6.07) is 15.2. The molecule has 4 rings (SSSR count). The number of nitrogens with zero attached hydrogens (tertiary/aromatic N) is 2. The first-order chi connectivity index (χ1) is 13.5. The Balaban J connectivity index is 1.70. The summed E-state index contributed by atoms with van der Waals surface area (Å²) >= 11 is 1.61. The summed E-state index contributed by atoms with van der Waals surface area (Å²) in [7, 11) is 0.116. The van der Waals surface area contributed by atoms with Crippen molar-refractivity contribution in [2.75, 3.05) is 30.6 Å². The van der Waals surface area contributed by atoms with Gasteiger partial charge in [-0.1, -0.05) is 42.1 Å². The van der Waals surface area contributed by atoms with Crippen molar-refractivity contribution >= 4 is 32.5 Å². The highest BCUT2D eigenvalue weighted by atomic mass is 32.2. The van der Waals surface area contributed by atoms with Gasteiger partial charge in [-0.15, -0.1) is 0 Å². The maximum absolute atomic E-state index is 12.2. The molecule has 2 aromatic rings. The van der Waals surface area contributed by atoms with E-state index in [2.05, 4.69) is 12.1 Å². The molecule has 0 aliphatic carbocycles. The molecule has 1 fully saturated rings. The molecular formula is C20H22N2O4S2. The van der Waals surface area contributed by atoms with Gasteiger partial charge >= 0.3 is 0 Å². The van der Waals surface area contributed by atoms with Gasteiger partial charge in [0.1, 0.15) is 11.5 Å². The van der Waals surface area contributed by atoms with Crippen molar-refractivity contribution in [3.05, 3.63) is 54.1 Å². The number of thioether (sulfide) groups is 1. The third-order valence-electron chi connectivity index (χ3n) is 4.96. The van der Waals surface area contributed by atoms with Gasteiger partial charge in [-0.3, -0.25) is 4.99 Å². The summed E-state index contributed by atoms with van der Waals surface area (Å²) in [4.78, 5) is 6.80. The molecule has 2 atom stereocenters. The average molecular weight is 419 g/mol. The fraction of sp³-hybridized carbons (Fsp3) is 0.350. The first-order valence-electron chi connectivity index (χ1n) is 8.97. The van der Waals surface area contributed by atoms with Gasteiger partial charge in [0.25, 0.3) is 0 Å². The number of ether oxygens (including phenoxy) is 2. The molecule has 148 valence electrons. The molecule has 0 radical (unpaired) electrons. The van der Waals surface area contributed by atoms with Gasteiger partial charge in [0, 0.05) is 11.8 Å². The molecular weight excluding hydrogens is 396 g/mol. The second-order valence-corrected chi connectivity index (χ2v) is 9.90. The molecule has 0 spiro atoms. The minimum Gasteiger partial charge on any atom is -0.497 e. The molecule has 8 heteroatoms. The molecule has 0 amide bonds. The van der Waals surface area contributed by atoms with Crippen molar-refractivity contribution in [2.45, 2.75) is 17.8 Å². The highest BCUT2D eigenvalue weighted by molar-refractivity contribution is 8.13. The van der Waals surface area contributed by atoms with Crippen LogP contribution in [0.2, 0.25) is 0 Å². The number of aliphatic imine (C=N–C) groups is 1. The quantitative estimate of drug-likeness (QED) is 0.744. The molecule has 1 saturated heterocycles. The number of rotatable bonds is 5. The number of benzene rings is 2. The summed E-state index contributed by atoms with van der Waals surface area (Å²) in [6.45, 7) is 0. The first-order valence-corrected chi connectivity index (χ1v) is 11.8. The van der Waals surface area contributed by atoms with Crippen LogP contribution >= 0.6 is 11.8 Å². The van der Waals surface area contributed by atoms with Crippen LogP contribution in [-0.2, 0) is 15.6 Å². The van der Waals surface area contributed by atoms with E-state index < -0.39 is 9.84 Å². The van der Waals surface area contributed by atoms with Crippen LogP contribution < -0.4 is 14.4 Å². The molecule has 6 nitrogen and oxygen atoms in total. The number of amidine groups is 1. The number of hydrogen-bond donors (Lipinski definition) is 0. The van der Waals surface area contributed by atoms with Crippen LogP contribution in [0.15, 0.2) is 53.5 Å². The van der Waals surface area contributed by atoms with Crippen molar-refractivity contribution in [3.63, 3.8) is 0 Å². The second kappa shape index (κ2) is 7.67. The summed E-state index contributed by atoms with van der Waals surface area (Å²) in [5, 5.41) is 0.820. The predicted octanol–water partition coefficient (Wildman–Crippen LogP) is 2.98. The highest BCUT2D eigenvalue weighted by Crippen LogP contribution is 2.41. The zero-order valence-corrected chi connectivity index (χ0v) is 17.4. The lowest BCUT2D eigenvalue weighted by Crippen LogP contribution is -2.39. The van der Waals surface area contributed by atoms with E-state index >= 15 is 0 Å². The number of fused-ring (bicyclic) bond motifs is 1. The van der Waals surface area contributed by atoms with Crippen molar-refractivity contribution in [1.29, 1.82) is 0 Å². The van der Waals surface area contributed by atoms with E-state index in [4.69, 9.17) is 14.5 Å². The average Bonchev–Trinajstić information content (AvgIpc) is 3.17. The van der Waals surface area contributed by atoms with E-state index in [9.17, 15) is 8.42 Å². The number of sulfone groups is 1. The Morgan fingerprint density at radius 1 is 1.11 bits per heavy atom. The van der Waals surface area contributed by atoms with E-state index in [1.165, 1.54) is 5.56 Å². The largest absolute Gasteiger partial charge is 0.497 e. The Hall–Kier alpha value is -2.19. The van der Waals surface area contributed by atoms with Gasteiger partial charge in [-0.05, 0) is 17.7 Å². The number of anilines is 1. The van der Waals surface area contributed by atoms with E-state index in [0.717, 1.165) is 16.6 Å². The Bertz CT molecular complexity index is 993. The van der Waals surface area contributed by atoms with Crippen molar-refractivity contribution in [3.8, 4) is 11.5 Å². The van der Waals surface area contributed by atoms with Gasteiger partial charge in [-0.2, -0.15) is 0 Å². The van der Waals surface area contributed by atoms with E-state index in [1.54, 1.807) is 26.0 Å². The predicted molar refractivity (Wildman–Crippen MR) is 113 cm³/mol. The molecule has 0 bridgehead atoms. The summed E-state index contributed by atoms with van der Waals surface area (Å²) in [5.74, 6) is 2.30. The third-order valence-corrected chi connectivity index (χ3v) is 7.70. The maximum Gasteiger partial charge on any atom is 0.164 e. The summed E-state index contributed by atoms with van der Waals surface area (Å²) in [5.41, 5.74) is 1.98. The molecule has 0 saturated carbocycles. The van der Waals surface area contributed by atoms with E-state index in [0.29, 0.717) is 11.5 Å². The first kappa shape index (κ1) is 19.1. The zero-order chi connectivity index (χ0) is 19.7. The molecule has 2 heterocycles. The normalized spacial score (nSPS) is 22.6. The van der Waals surface area contributed by atoms with Crippen LogP contribution in [0.5, 0.6) is 11.5 Å². The fourth-order valence-electron chi connectivity index (χ4n) is 3.62. The summed E-state index contributed by atoms with van der Waals surface area (Å²) < 4.78 is 35.4. The Morgan fingerprint density at radius 2 is 1.89 bits per heavy atom. The second-order valence-electron chi connectivity index (χ2n) is 6.81. The Labute approximate surface area is 169 Å². The molecule has 28 heavy (non-hydrogen) atoms. The van der Waals surface area contributed by atoms with Crippen LogP contribution in [0.25, 0.3) is 0 Å². The lowest BCUT2D eigenvalue weighted by molar-refractivity contribution is 0.403. The summed E-state index contributed by atoms with van der Waals surface area (Å²) in [6.07, 6.45) is 0. The molecule has 2 aliphatic heterocycles. The van der Waals surface area contributed by atoms with Gasteiger partial charge in [0.05, 0.1) is 43.5 Å². The van der Waals surface area contributed by atoms with Gasteiger partial charge in [0.15, 0.2) is 15.0 Å². The van der Waals surface area contributed by atoms with Crippen LogP contribution in [0.1, 0.15) is 5.56 Å². The van der Waals surface area contributed by atoms with Crippen LogP contribution in [0, 0.1) is 0 Å². The highest BCUT2D eigenvalue weighted by Gasteiger charge is 2.47. The Morgan fingerprint density at radius 3 is 2.61 bits per heavy atom. The smallest absolute Gasteiger partial charge is 0.164 e. The molecule has 0 N–H and O–H groups in total. The molecule has 2 aromatic carbocycles. The molecule has 0 aromatic heterocycles.